The molecular formula is C18H25ClN2O3. The van der Waals surface area contributed by atoms with Gasteiger partial charge < -0.3 is 20.5 Å². The maximum Gasteiger partial charge on any atom is 0.408 e. The zero-order valence-corrected chi connectivity index (χ0v) is 15.2. The van der Waals surface area contributed by atoms with E-state index in [4.69, 9.17) is 26.8 Å². The summed E-state index contributed by atoms with van der Waals surface area (Å²) >= 11 is 6.47. The molecule has 1 unspecified atom stereocenters. The summed E-state index contributed by atoms with van der Waals surface area (Å²) in [5.74, 6) is 0.654. The van der Waals surface area contributed by atoms with Crippen LogP contribution in [0.4, 0.5) is 4.79 Å². The van der Waals surface area contributed by atoms with Crippen molar-refractivity contribution in [3.63, 3.8) is 0 Å². The Morgan fingerprint density at radius 1 is 1.38 bits per heavy atom. The minimum atomic E-state index is -0.511. The number of hydrogen-bond acceptors (Lipinski definition) is 4. The lowest BCUT2D eigenvalue weighted by Crippen LogP contribution is -2.44. The number of ether oxygens (including phenoxy) is 2. The average Bonchev–Trinajstić information content (AvgIpc) is 3.08. The predicted molar refractivity (Wildman–Crippen MR) is 93.7 cm³/mol. The molecule has 3 N–H and O–H groups in total. The van der Waals surface area contributed by atoms with Crippen LogP contribution in [-0.2, 0) is 17.6 Å². The molecule has 0 aromatic heterocycles. The van der Waals surface area contributed by atoms with Gasteiger partial charge in [0.05, 0.1) is 10.6 Å². The second-order valence-electron chi connectivity index (χ2n) is 7.88. The van der Waals surface area contributed by atoms with Gasteiger partial charge in [-0.05, 0) is 63.6 Å². The third-order valence-corrected chi connectivity index (χ3v) is 4.79. The first-order chi connectivity index (χ1) is 11.2. The monoisotopic (exact) mass is 352 g/mol. The van der Waals surface area contributed by atoms with E-state index >= 15 is 0 Å². The SMILES string of the molecule is CC(C)(C)OC(=O)NC1(COc2ccc3c(c2Cl)CC(N)C3)CC1. The van der Waals surface area contributed by atoms with Crippen LogP contribution < -0.4 is 15.8 Å². The molecule has 0 heterocycles. The average molecular weight is 353 g/mol. The maximum atomic E-state index is 12.0. The van der Waals surface area contributed by atoms with Crippen molar-refractivity contribution >= 4 is 17.7 Å². The van der Waals surface area contributed by atoms with E-state index in [2.05, 4.69) is 5.32 Å². The van der Waals surface area contributed by atoms with Crippen molar-refractivity contribution in [3.8, 4) is 5.75 Å². The van der Waals surface area contributed by atoms with Gasteiger partial charge in [0.2, 0.25) is 0 Å². The molecule has 1 amide bonds. The van der Waals surface area contributed by atoms with Crippen LogP contribution in [0.25, 0.3) is 0 Å². The number of carbonyl (C=O) groups excluding carboxylic acids is 1. The highest BCUT2D eigenvalue weighted by Crippen LogP contribution is 2.39. The van der Waals surface area contributed by atoms with Gasteiger partial charge in [-0.1, -0.05) is 17.7 Å². The molecule has 132 valence electrons. The Morgan fingerprint density at radius 3 is 2.71 bits per heavy atom. The van der Waals surface area contributed by atoms with Crippen molar-refractivity contribution in [2.75, 3.05) is 6.61 Å². The molecule has 6 heteroatoms. The largest absolute Gasteiger partial charge is 0.490 e. The minimum absolute atomic E-state index is 0.136. The number of rotatable bonds is 4. The predicted octanol–water partition coefficient (Wildman–Crippen LogP) is 3.20. The van der Waals surface area contributed by atoms with Crippen LogP contribution in [-0.4, -0.2) is 29.9 Å². The number of amides is 1. The van der Waals surface area contributed by atoms with E-state index in [9.17, 15) is 4.79 Å². The number of halogens is 1. The topological polar surface area (TPSA) is 73.6 Å². The minimum Gasteiger partial charge on any atom is -0.490 e. The first-order valence-corrected chi connectivity index (χ1v) is 8.75. The molecule has 1 fully saturated rings. The molecule has 0 radical (unpaired) electrons. The van der Waals surface area contributed by atoms with E-state index in [0.717, 1.165) is 31.2 Å². The lowest BCUT2D eigenvalue weighted by Gasteiger charge is -2.23. The molecule has 1 atom stereocenters. The van der Waals surface area contributed by atoms with Crippen LogP contribution >= 0.6 is 11.6 Å². The Bertz CT molecular complexity index is 650. The van der Waals surface area contributed by atoms with Crippen LogP contribution in [0, 0.1) is 0 Å². The maximum absolute atomic E-state index is 12.0. The number of alkyl carbamates (subject to hydrolysis) is 1. The van der Waals surface area contributed by atoms with Gasteiger partial charge in [-0.2, -0.15) is 0 Å². The quantitative estimate of drug-likeness (QED) is 0.872. The number of fused-ring (bicyclic) bond motifs is 1. The lowest BCUT2D eigenvalue weighted by molar-refractivity contribution is 0.0477. The Morgan fingerprint density at radius 2 is 2.08 bits per heavy atom. The third kappa shape index (κ3) is 3.95. The second-order valence-corrected chi connectivity index (χ2v) is 8.26. The van der Waals surface area contributed by atoms with Gasteiger partial charge in [0, 0.05) is 6.04 Å². The summed E-state index contributed by atoms with van der Waals surface area (Å²) < 4.78 is 11.2. The number of carbonyl (C=O) groups is 1. The highest BCUT2D eigenvalue weighted by atomic mass is 35.5. The van der Waals surface area contributed by atoms with Gasteiger partial charge >= 0.3 is 6.09 Å². The van der Waals surface area contributed by atoms with Crippen molar-refractivity contribution in [2.45, 2.75) is 63.6 Å². The van der Waals surface area contributed by atoms with E-state index in [1.54, 1.807) is 0 Å². The van der Waals surface area contributed by atoms with Crippen molar-refractivity contribution in [3.05, 3.63) is 28.3 Å². The fraction of sp³-hybridized carbons (Fsp3) is 0.611. The van der Waals surface area contributed by atoms with E-state index < -0.39 is 11.7 Å². The second kappa shape index (κ2) is 6.12. The fourth-order valence-electron chi connectivity index (χ4n) is 2.97. The molecule has 5 nitrogen and oxygen atoms in total. The Kier molecular flexibility index (Phi) is 4.43. The molecular weight excluding hydrogens is 328 g/mol. The van der Waals surface area contributed by atoms with Gasteiger partial charge in [0.15, 0.2) is 0 Å². The molecule has 1 saturated carbocycles. The van der Waals surface area contributed by atoms with Crippen molar-refractivity contribution < 1.29 is 14.3 Å². The van der Waals surface area contributed by atoms with E-state index in [1.807, 2.05) is 32.9 Å². The first-order valence-electron chi connectivity index (χ1n) is 8.37. The molecule has 0 spiro atoms. The molecule has 1 aromatic rings. The zero-order valence-electron chi connectivity index (χ0n) is 14.4. The van der Waals surface area contributed by atoms with Crippen LogP contribution in [0.2, 0.25) is 5.02 Å². The number of benzene rings is 1. The molecule has 24 heavy (non-hydrogen) atoms. The molecule has 2 aliphatic rings. The van der Waals surface area contributed by atoms with Gasteiger partial charge in [0.1, 0.15) is 18.0 Å². The first kappa shape index (κ1) is 17.4. The Balaban J connectivity index is 1.60. The third-order valence-electron chi connectivity index (χ3n) is 4.38. The molecule has 0 bridgehead atoms. The van der Waals surface area contributed by atoms with Gasteiger partial charge in [0.25, 0.3) is 0 Å². The smallest absolute Gasteiger partial charge is 0.408 e. The van der Waals surface area contributed by atoms with Crippen LogP contribution in [0.15, 0.2) is 12.1 Å². The van der Waals surface area contributed by atoms with Crippen molar-refractivity contribution in [2.24, 2.45) is 5.73 Å². The van der Waals surface area contributed by atoms with Crippen LogP contribution in [0.5, 0.6) is 5.75 Å². The van der Waals surface area contributed by atoms with Crippen molar-refractivity contribution in [1.29, 1.82) is 0 Å². The number of nitrogens with one attached hydrogen (secondary N) is 1. The van der Waals surface area contributed by atoms with Crippen molar-refractivity contribution in [1.82, 2.24) is 5.32 Å². The lowest BCUT2D eigenvalue weighted by atomic mass is 10.1. The van der Waals surface area contributed by atoms with Crippen LogP contribution in [0.3, 0.4) is 0 Å². The summed E-state index contributed by atoms with van der Waals surface area (Å²) in [6.45, 7) is 5.92. The standard InChI is InChI=1S/C18H25ClN2O3/c1-17(2,3)24-16(22)21-18(6-7-18)10-23-14-5-4-11-8-12(20)9-13(11)15(14)19/h4-5,12H,6-10,20H2,1-3H3,(H,21,22). The number of nitrogens with two attached hydrogens (primary N) is 1. The molecule has 2 aliphatic carbocycles. The summed E-state index contributed by atoms with van der Waals surface area (Å²) in [6.07, 6.45) is 2.99. The zero-order chi connectivity index (χ0) is 17.5. The summed E-state index contributed by atoms with van der Waals surface area (Å²) in [5.41, 5.74) is 7.44. The number of hydrogen-bond donors (Lipinski definition) is 2. The normalized spacial score (nSPS) is 21.1. The van der Waals surface area contributed by atoms with E-state index in [1.165, 1.54) is 5.56 Å². The summed E-state index contributed by atoms with van der Waals surface area (Å²) in [7, 11) is 0. The molecule has 0 saturated heterocycles. The summed E-state index contributed by atoms with van der Waals surface area (Å²) in [6, 6.07) is 4.06. The summed E-state index contributed by atoms with van der Waals surface area (Å²) in [5, 5.41) is 3.57. The fourth-order valence-corrected chi connectivity index (χ4v) is 3.29. The summed E-state index contributed by atoms with van der Waals surface area (Å²) in [4.78, 5) is 12.0. The Labute approximate surface area is 147 Å². The Hall–Kier alpha value is -1.46. The van der Waals surface area contributed by atoms with Crippen LogP contribution in [0.1, 0.15) is 44.7 Å². The van der Waals surface area contributed by atoms with E-state index in [0.29, 0.717) is 17.4 Å². The molecule has 3 rings (SSSR count). The van der Waals surface area contributed by atoms with Gasteiger partial charge in [-0.25, -0.2) is 4.79 Å². The highest BCUT2D eigenvalue weighted by molar-refractivity contribution is 6.33. The molecule has 0 aliphatic heterocycles. The van der Waals surface area contributed by atoms with Gasteiger partial charge in [-0.15, -0.1) is 0 Å². The highest BCUT2D eigenvalue weighted by Gasteiger charge is 2.46. The van der Waals surface area contributed by atoms with Gasteiger partial charge in [-0.3, -0.25) is 0 Å². The molecule has 1 aromatic carbocycles. The van der Waals surface area contributed by atoms with E-state index in [-0.39, 0.29) is 11.6 Å².